The SMILES string of the molecule is CCOc1cc(CN2CCC(C3C(=O)c4c(ccc5cc(C)ccc45)C4=C3CCC=C4)CC2)cc(C2CC2)c1C1CCC1. The van der Waals surface area contributed by atoms with Gasteiger partial charge in [-0.2, -0.15) is 0 Å². The summed E-state index contributed by atoms with van der Waals surface area (Å²) in [6.45, 7) is 8.09. The minimum Gasteiger partial charge on any atom is -0.494 e. The smallest absolute Gasteiger partial charge is 0.171 e. The number of carbonyl (C=O) groups excluding carboxylic acids is 1. The Hall–Kier alpha value is -3.17. The maximum atomic E-state index is 14.5. The topological polar surface area (TPSA) is 29.5 Å². The van der Waals surface area contributed by atoms with Crippen molar-refractivity contribution in [1.29, 1.82) is 0 Å². The van der Waals surface area contributed by atoms with E-state index in [-0.39, 0.29) is 5.92 Å². The number of hydrogen-bond acceptors (Lipinski definition) is 3. The Kier molecular flexibility index (Phi) is 7.05. The molecule has 3 aromatic rings. The number of allylic oxidation sites excluding steroid dienone is 4. The predicted molar refractivity (Wildman–Crippen MR) is 176 cm³/mol. The average molecular weight is 572 g/mol. The highest BCUT2D eigenvalue weighted by molar-refractivity contribution is 6.17. The van der Waals surface area contributed by atoms with Gasteiger partial charge < -0.3 is 4.74 Å². The minimum absolute atomic E-state index is 0.0225. The Bertz CT molecular complexity index is 1640. The lowest BCUT2D eigenvalue weighted by molar-refractivity contribution is 0.0830. The number of ether oxygens (including phenoxy) is 1. The third-order valence-corrected chi connectivity index (χ3v) is 11.2. The molecule has 3 aromatic carbocycles. The molecule has 3 heteroatoms. The molecule has 0 aromatic heterocycles. The molecule has 3 nitrogen and oxygen atoms in total. The van der Waals surface area contributed by atoms with Gasteiger partial charge >= 0.3 is 0 Å². The molecule has 1 saturated heterocycles. The number of Topliss-reactive ketones (excluding diaryl/α,β-unsaturated/α-hetero) is 1. The standard InChI is InChI=1S/C40H45NO2/c1-3-43-36-23-26(22-35(27-12-13-27)37(36)28-7-6-8-28)24-41-19-17-29(18-20-41)38-33-10-5-4-9-32(33)34-16-14-30-21-25(2)11-15-31(30)39(34)40(38)42/h4,9,11,14-16,21-23,27-29,38H,3,5-8,10,12-13,17-20,24H2,1-2H3. The monoisotopic (exact) mass is 571 g/mol. The Balaban J connectivity index is 1.05. The number of hydrogen-bond donors (Lipinski definition) is 0. The van der Waals surface area contributed by atoms with Crippen LogP contribution in [0.25, 0.3) is 16.3 Å². The van der Waals surface area contributed by atoms with Crippen LogP contribution in [-0.4, -0.2) is 30.4 Å². The van der Waals surface area contributed by atoms with Crippen LogP contribution in [0, 0.1) is 18.8 Å². The fourth-order valence-corrected chi connectivity index (χ4v) is 8.66. The normalized spacial score (nSPS) is 22.9. The molecule has 1 unspecified atom stereocenters. The third-order valence-electron chi connectivity index (χ3n) is 11.2. The van der Waals surface area contributed by atoms with E-state index < -0.39 is 0 Å². The van der Waals surface area contributed by atoms with Crippen LogP contribution in [0.3, 0.4) is 0 Å². The van der Waals surface area contributed by atoms with Crippen LogP contribution in [0.4, 0.5) is 0 Å². The van der Waals surface area contributed by atoms with Crippen molar-refractivity contribution in [2.24, 2.45) is 11.8 Å². The maximum Gasteiger partial charge on any atom is 0.171 e. The molecule has 0 radical (unpaired) electrons. The zero-order valence-electron chi connectivity index (χ0n) is 26.0. The van der Waals surface area contributed by atoms with Gasteiger partial charge in [0.15, 0.2) is 5.78 Å². The number of benzene rings is 3. The fourth-order valence-electron chi connectivity index (χ4n) is 8.66. The van der Waals surface area contributed by atoms with Crippen LogP contribution < -0.4 is 4.74 Å². The van der Waals surface area contributed by atoms with Gasteiger partial charge in [-0.05, 0) is 135 Å². The van der Waals surface area contributed by atoms with Crippen LogP contribution in [0.15, 0.2) is 60.2 Å². The number of carbonyl (C=O) groups is 1. The zero-order valence-corrected chi connectivity index (χ0v) is 26.0. The second-order valence-corrected chi connectivity index (χ2v) is 14.0. The lowest BCUT2D eigenvalue weighted by Crippen LogP contribution is -2.40. The molecule has 3 fully saturated rings. The lowest BCUT2D eigenvalue weighted by Gasteiger charge is -2.40. The molecule has 1 atom stereocenters. The number of fused-ring (bicyclic) bond motifs is 4. The molecule has 0 spiro atoms. The summed E-state index contributed by atoms with van der Waals surface area (Å²) in [5.41, 5.74) is 10.7. The summed E-state index contributed by atoms with van der Waals surface area (Å²) in [6, 6.07) is 15.9. The van der Waals surface area contributed by atoms with Gasteiger partial charge in [-0.1, -0.05) is 66.1 Å². The van der Waals surface area contributed by atoms with Crippen LogP contribution in [0.2, 0.25) is 0 Å². The van der Waals surface area contributed by atoms with E-state index in [1.54, 1.807) is 11.1 Å². The van der Waals surface area contributed by atoms with E-state index in [0.29, 0.717) is 17.6 Å². The van der Waals surface area contributed by atoms with Gasteiger partial charge in [0.2, 0.25) is 0 Å². The first-order valence-corrected chi connectivity index (χ1v) is 17.1. The largest absolute Gasteiger partial charge is 0.494 e. The Labute approximate surface area is 257 Å². The second kappa shape index (κ2) is 11.1. The van der Waals surface area contributed by atoms with Crippen molar-refractivity contribution in [2.45, 2.75) is 90.0 Å². The summed E-state index contributed by atoms with van der Waals surface area (Å²) in [5, 5.41) is 2.31. The summed E-state index contributed by atoms with van der Waals surface area (Å²) in [5.74, 6) is 3.42. The molecule has 43 heavy (non-hydrogen) atoms. The molecule has 1 aliphatic heterocycles. The van der Waals surface area contributed by atoms with E-state index in [0.717, 1.165) is 74.4 Å². The first kappa shape index (κ1) is 27.4. The molecular formula is C40H45NO2. The Morgan fingerprint density at radius 2 is 1.77 bits per heavy atom. The molecule has 2 saturated carbocycles. The van der Waals surface area contributed by atoms with E-state index in [4.69, 9.17) is 4.74 Å². The highest BCUT2D eigenvalue weighted by atomic mass is 16.5. The van der Waals surface area contributed by atoms with E-state index >= 15 is 0 Å². The first-order chi connectivity index (χ1) is 21.1. The molecule has 222 valence electrons. The van der Waals surface area contributed by atoms with Gasteiger partial charge in [0.05, 0.1) is 6.61 Å². The summed E-state index contributed by atoms with van der Waals surface area (Å²) >= 11 is 0. The number of aryl methyl sites for hydroxylation is 1. The molecular weight excluding hydrogens is 526 g/mol. The quantitative estimate of drug-likeness (QED) is 0.283. The number of likely N-dealkylation sites (tertiary alicyclic amines) is 1. The van der Waals surface area contributed by atoms with Crippen molar-refractivity contribution >= 4 is 22.1 Å². The summed E-state index contributed by atoms with van der Waals surface area (Å²) in [4.78, 5) is 17.1. The lowest BCUT2D eigenvalue weighted by atomic mass is 9.66. The van der Waals surface area contributed by atoms with E-state index in [2.05, 4.69) is 73.4 Å². The van der Waals surface area contributed by atoms with E-state index in [1.165, 1.54) is 65.5 Å². The first-order valence-electron chi connectivity index (χ1n) is 17.1. The van der Waals surface area contributed by atoms with Crippen molar-refractivity contribution < 1.29 is 9.53 Å². The zero-order chi connectivity index (χ0) is 29.1. The van der Waals surface area contributed by atoms with Crippen molar-refractivity contribution in [3.8, 4) is 5.75 Å². The average Bonchev–Trinajstić information content (AvgIpc) is 3.84. The van der Waals surface area contributed by atoms with Gasteiger partial charge in [-0.15, -0.1) is 0 Å². The predicted octanol–water partition coefficient (Wildman–Crippen LogP) is 9.52. The molecule has 5 aliphatic rings. The number of piperidine rings is 1. The summed E-state index contributed by atoms with van der Waals surface area (Å²) in [7, 11) is 0. The van der Waals surface area contributed by atoms with Gasteiger partial charge in [0.25, 0.3) is 0 Å². The van der Waals surface area contributed by atoms with Gasteiger partial charge in [0, 0.05) is 23.6 Å². The Morgan fingerprint density at radius 1 is 0.930 bits per heavy atom. The van der Waals surface area contributed by atoms with E-state index in [1.807, 2.05) is 0 Å². The number of ketones is 1. The van der Waals surface area contributed by atoms with Crippen LogP contribution >= 0.6 is 0 Å². The Morgan fingerprint density at radius 3 is 2.51 bits per heavy atom. The third kappa shape index (κ3) is 4.89. The van der Waals surface area contributed by atoms with Gasteiger partial charge in [-0.25, -0.2) is 0 Å². The molecule has 1 heterocycles. The maximum absolute atomic E-state index is 14.5. The molecule has 8 rings (SSSR count). The molecule has 0 N–H and O–H groups in total. The molecule has 0 amide bonds. The highest BCUT2D eigenvalue weighted by Gasteiger charge is 2.41. The van der Waals surface area contributed by atoms with Crippen molar-refractivity contribution in [1.82, 2.24) is 4.90 Å². The van der Waals surface area contributed by atoms with Crippen LogP contribution in [-0.2, 0) is 6.54 Å². The number of nitrogens with zero attached hydrogens (tertiary/aromatic N) is 1. The highest BCUT2D eigenvalue weighted by Crippen LogP contribution is 2.51. The molecule has 0 bridgehead atoms. The van der Waals surface area contributed by atoms with Gasteiger partial charge in [-0.3, -0.25) is 9.69 Å². The van der Waals surface area contributed by atoms with Gasteiger partial charge in [0.1, 0.15) is 5.75 Å². The summed E-state index contributed by atoms with van der Waals surface area (Å²) < 4.78 is 6.30. The van der Waals surface area contributed by atoms with Crippen LogP contribution in [0.1, 0.15) is 115 Å². The van der Waals surface area contributed by atoms with Crippen LogP contribution in [0.5, 0.6) is 5.75 Å². The fraction of sp³-hybridized carbons (Fsp3) is 0.475. The second-order valence-electron chi connectivity index (χ2n) is 14.0. The van der Waals surface area contributed by atoms with Crippen molar-refractivity contribution in [2.75, 3.05) is 19.7 Å². The summed E-state index contributed by atoms with van der Waals surface area (Å²) in [6.07, 6.45) is 15.5. The molecule has 4 aliphatic carbocycles. The number of rotatable bonds is 7. The van der Waals surface area contributed by atoms with E-state index in [9.17, 15) is 4.79 Å². The minimum atomic E-state index is 0.0225. The van der Waals surface area contributed by atoms with Crippen molar-refractivity contribution in [3.63, 3.8) is 0 Å². The van der Waals surface area contributed by atoms with Crippen molar-refractivity contribution in [3.05, 3.63) is 93.6 Å².